The highest BCUT2D eigenvalue weighted by Crippen LogP contribution is 2.34. The molecule has 1 N–H and O–H groups in total. The highest BCUT2D eigenvalue weighted by atomic mass is 16.7. The van der Waals surface area contributed by atoms with Gasteiger partial charge in [0, 0.05) is 13.0 Å². The third-order valence-electron chi connectivity index (χ3n) is 3.39. The second-order valence-corrected chi connectivity index (χ2v) is 5.58. The lowest BCUT2D eigenvalue weighted by molar-refractivity contribution is 0.169. The van der Waals surface area contributed by atoms with Gasteiger partial charge in [-0.25, -0.2) is 9.67 Å². The van der Waals surface area contributed by atoms with Gasteiger partial charge in [0.25, 0.3) is 0 Å². The van der Waals surface area contributed by atoms with E-state index in [1.165, 1.54) is 6.33 Å². The fourth-order valence-corrected chi connectivity index (χ4v) is 2.36. The van der Waals surface area contributed by atoms with Crippen molar-refractivity contribution < 1.29 is 14.6 Å². The van der Waals surface area contributed by atoms with Crippen molar-refractivity contribution in [1.82, 2.24) is 14.8 Å². The molecule has 3 rings (SSSR count). The van der Waals surface area contributed by atoms with Crippen LogP contribution >= 0.6 is 0 Å². The van der Waals surface area contributed by atoms with E-state index in [0.717, 1.165) is 17.9 Å². The van der Waals surface area contributed by atoms with Crippen LogP contribution in [0.4, 0.5) is 0 Å². The lowest BCUT2D eigenvalue weighted by Gasteiger charge is -2.13. The summed E-state index contributed by atoms with van der Waals surface area (Å²) in [4.78, 5) is 4.24. The van der Waals surface area contributed by atoms with Crippen LogP contribution in [0.2, 0.25) is 0 Å². The number of benzene rings is 1. The Kier molecular flexibility index (Phi) is 3.79. The molecule has 21 heavy (non-hydrogen) atoms. The zero-order chi connectivity index (χ0) is 14.8. The summed E-state index contributed by atoms with van der Waals surface area (Å²) < 4.78 is 12.5. The summed E-state index contributed by atoms with van der Waals surface area (Å²) in [5, 5.41) is 14.6. The van der Waals surface area contributed by atoms with Crippen LogP contribution in [0.15, 0.2) is 24.5 Å². The Hall–Kier alpha value is -2.08. The summed E-state index contributed by atoms with van der Waals surface area (Å²) in [7, 11) is 0. The average molecular weight is 289 g/mol. The maximum Gasteiger partial charge on any atom is 0.231 e. The molecule has 6 nitrogen and oxygen atoms in total. The summed E-state index contributed by atoms with van der Waals surface area (Å²) in [6.07, 6.45) is 1.31. The van der Waals surface area contributed by atoms with Crippen molar-refractivity contribution >= 4 is 0 Å². The Balaban J connectivity index is 1.74. The van der Waals surface area contributed by atoms with Crippen LogP contribution in [0.25, 0.3) is 0 Å². The molecular weight excluding hydrogens is 270 g/mol. The minimum absolute atomic E-state index is 0.234. The number of hydrogen-bond donors (Lipinski definition) is 1. The molecule has 1 aromatic carbocycles. The predicted molar refractivity (Wildman–Crippen MR) is 76.1 cm³/mol. The van der Waals surface area contributed by atoms with E-state index in [9.17, 15) is 5.11 Å². The maximum absolute atomic E-state index is 10.4. The second kappa shape index (κ2) is 5.73. The number of fused-ring (bicyclic) bond motifs is 1. The minimum atomic E-state index is -0.644. The zero-order valence-corrected chi connectivity index (χ0v) is 12.2. The molecule has 0 saturated heterocycles. The number of ether oxygens (including phenoxy) is 2. The van der Waals surface area contributed by atoms with Crippen molar-refractivity contribution in [2.45, 2.75) is 32.9 Å². The third-order valence-corrected chi connectivity index (χ3v) is 3.39. The predicted octanol–water partition coefficient (Wildman–Crippen LogP) is 1.94. The Morgan fingerprint density at radius 3 is 2.90 bits per heavy atom. The molecule has 0 spiro atoms. The number of rotatable bonds is 5. The molecule has 0 bridgehead atoms. The van der Waals surface area contributed by atoms with E-state index >= 15 is 0 Å². The Morgan fingerprint density at radius 2 is 2.10 bits per heavy atom. The van der Waals surface area contributed by atoms with Crippen molar-refractivity contribution in [1.29, 1.82) is 0 Å². The number of aliphatic hydroxyl groups is 1. The first-order chi connectivity index (χ1) is 10.1. The zero-order valence-electron chi connectivity index (χ0n) is 12.2. The first-order valence-corrected chi connectivity index (χ1v) is 7.08. The van der Waals surface area contributed by atoms with Gasteiger partial charge in [-0.2, -0.15) is 5.10 Å². The minimum Gasteiger partial charge on any atom is -0.454 e. The quantitative estimate of drug-likeness (QED) is 0.911. The van der Waals surface area contributed by atoms with E-state index in [1.54, 1.807) is 0 Å². The maximum atomic E-state index is 10.4. The molecule has 0 fully saturated rings. The van der Waals surface area contributed by atoms with Crippen LogP contribution in [0.1, 0.15) is 31.3 Å². The smallest absolute Gasteiger partial charge is 0.231 e. The highest BCUT2D eigenvalue weighted by Gasteiger charge is 2.18. The van der Waals surface area contributed by atoms with Gasteiger partial charge in [-0.3, -0.25) is 0 Å². The van der Waals surface area contributed by atoms with Crippen LogP contribution in [0.3, 0.4) is 0 Å². The second-order valence-electron chi connectivity index (χ2n) is 5.58. The molecule has 1 unspecified atom stereocenters. The molecule has 1 aromatic heterocycles. The fraction of sp³-hybridized carbons (Fsp3) is 0.467. The van der Waals surface area contributed by atoms with Crippen LogP contribution < -0.4 is 9.47 Å². The van der Waals surface area contributed by atoms with Crippen molar-refractivity contribution in [3.63, 3.8) is 0 Å². The number of aromatic nitrogens is 3. The summed E-state index contributed by atoms with van der Waals surface area (Å²) in [5.41, 5.74) is 0.790. The molecule has 112 valence electrons. The van der Waals surface area contributed by atoms with E-state index in [2.05, 4.69) is 23.9 Å². The van der Waals surface area contributed by atoms with Gasteiger partial charge in [-0.1, -0.05) is 19.9 Å². The van der Waals surface area contributed by atoms with Crippen LogP contribution in [-0.2, 0) is 13.0 Å². The standard InChI is InChI=1S/C15H19N3O3/c1-10(2)7-18-15(16-8-17-18)6-12(19)11-3-4-13-14(5-11)21-9-20-13/h3-5,8,10,12,19H,6-7,9H2,1-2H3. The van der Waals surface area contributed by atoms with E-state index in [1.807, 2.05) is 22.9 Å². The van der Waals surface area contributed by atoms with E-state index in [-0.39, 0.29) is 6.79 Å². The van der Waals surface area contributed by atoms with Gasteiger partial charge in [0.15, 0.2) is 11.5 Å². The van der Waals surface area contributed by atoms with Crippen molar-refractivity contribution in [2.24, 2.45) is 5.92 Å². The Morgan fingerprint density at radius 1 is 1.29 bits per heavy atom. The summed E-state index contributed by atoms with van der Waals surface area (Å²) in [6, 6.07) is 5.48. The van der Waals surface area contributed by atoms with Gasteiger partial charge >= 0.3 is 0 Å². The van der Waals surface area contributed by atoms with Crippen LogP contribution in [-0.4, -0.2) is 26.7 Å². The monoisotopic (exact) mass is 289 g/mol. The summed E-state index contributed by atoms with van der Waals surface area (Å²) >= 11 is 0. The van der Waals surface area contributed by atoms with Gasteiger partial charge in [0.2, 0.25) is 6.79 Å². The van der Waals surface area contributed by atoms with Gasteiger partial charge in [-0.15, -0.1) is 0 Å². The molecule has 1 atom stereocenters. The normalized spacial score (nSPS) is 14.7. The molecule has 0 amide bonds. The van der Waals surface area contributed by atoms with Gasteiger partial charge in [0.05, 0.1) is 6.10 Å². The largest absolute Gasteiger partial charge is 0.454 e. The molecule has 2 heterocycles. The summed E-state index contributed by atoms with van der Waals surface area (Å²) in [6.45, 7) is 5.28. The van der Waals surface area contributed by atoms with Crippen molar-refractivity contribution in [2.75, 3.05) is 6.79 Å². The average Bonchev–Trinajstić information content (AvgIpc) is 3.06. The number of nitrogens with zero attached hydrogens (tertiary/aromatic N) is 3. The molecule has 6 heteroatoms. The van der Waals surface area contributed by atoms with Gasteiger partial charge < -0.3 is 14.6 Å². The first-order valence-electron chi connectivity index (χ1n) is 7.08. The van der Waals surface area contributed by atoms with Crippen molar-refractivity contribution in [3.8, 4) is 11.5 Å². The number of aliphatic hydroxyl groups excluding tert-OH is 1. The third kappa shape index (κ3) is 3.00. The molecule has 0 saturated carbocycles. The fourth-order valence-electron chi connectivity index (χ4n) is 2.36. The van der Waals surface area contributed by atoms with E-state index in [0.29, 0.717) is 23.8 Å². The van der Waals surface area contributed by atoms with E-state index < -0.39 is 6.10 Å². The SMILES string of the molecule is CC(C)Cn1ncnc1CC(O)c1ccc2c(c1)OCO2. The molecule has 0 aliphatic carbocycles. The van der Waals surface area contributed by atoms with Crippen molar-refractivity contribution in [3.05, 3.63) is 35.9 Å². The molecule has 1 aliphatic rings. The first kappa shape index (κ1) is 13.9. The van der Waals surface area contributed by atoms with E-state index in [4.69, 9.17) is 9.47 Å². The van der Waals surface area contributed by atoms with Gasteiger partial charge in [0.1, 0.15) is 12.2 Å². The molecule has 0 radical (unpaired) electrons. The molecule has 1 aliphatic heterocycles. The Bertz CT molecular complexity index is 624. The van der Waals surface area contributed by atoms with Crippen LogP contribution in [0, 0.1) is 5.92 Å². The van der Waals surface area contributed by atoms with Crippen LogP contribution in [0.5, 0.6) is 11.5 Å². The lowest BCUT2D eigenvalue weighted by Crippen LogP contribution is -2.13. The number of hydrogen-bond acceptors (Lipinski definition) is 5. The summed E-state index contributed by atoms with van der Waals surface area (Å²) in [5.74, 6) is 2.66. The Labute approximate surface area is 123 Å². The topological polar surface area (TPSA) is 69.4 Å². The highest BCUT2D eigenvalue weighted by molar-refractivity contribution is 5.45. The molecule has 2 aromatic rings. The lowest BCUT2D eigenvalue weighted by atomic mass is 10.1. The molecular formula is C15H19N3O3. The van der Waals surface area contributed by atoms with Gasteiger partial charge in [-0.05, 0) is 23.6 Å².